The van der Waals surface area contributed by atoms with Crippen molar-refractivity contribution in [1.82, 2.24) is 0 Å². The topological polar surface area (TPSA) is 75.3 Å². The minimum Gasteiger partial charge on any atom is -0.490 e. The summed E-state index contributed by atoms with van der Waals surface area (Å²) in [5.41, 5.74) is -3.48. The molecule has 164 valence electrons. The summed E-state index contributed by atoms with van der Waals surface area (Å²) in [6.07, 6.45) is -3.29. The predicted molar refractivity (Wildman–Crippen MR) is 115 cm³/mol. The summed E-state index contributed by atoms with van der Waals surface area (Å²) >= 11 is 9.13. The highest BCUT2D eigenvalue weighted by atomic mass is 35.5. The van der Waals surface area contributed by atoms with Crippen molar-refractivity contribution in [1.29, 1.82) is 0 Å². The number of amides is 1. The number of halogens is 4. The number of hydrogen-bond acceptors (Lipinski definition) is 5. The van der Waals surface area contributed by atoms with Gasteiger partial charge in [0.2, 0.25) is 0 Å². The van der Waals surface area contributed by atoms with Crippen LogP contribution in [0, 0.1) is 6.57 Å². The van der Waals surface area contributed by atoms with E-state index in [9.17, 15) is 23.1 Å². The largest absolute Gasteiger partial charge is 0.490 e. The third kappa shape index (κ3) is 7.66. The Morgan fingerprint density at radius 3 is 2.42 bits per heavy atom. The maximum absolute atomic E-state index is 13.0. The Bertz CT molecular complexity index is 999. The first-order chi connectivity index (χ1) is 14.6. The zero-order valence-electron chi connectivity index (χ0n) is 16.3. The van der Waals surface area contributed by atoms with Crippen LogP contribution in [0.1, 0.15) is 12.5 Å². The van der Waals surface area contributed by atoms with E-state index in [1.807, 2.05) is 0 Å². The molecule has 2 rings (SSSR count). The molecule has 0 radical (unpaired) electrons. The number of aliphatic hydroxyl groups is 1. The molecule has 0 heterocycles. The number of nitrogens with zero attached hydrogens (tertiary/aromatic N) is 2. The molecular weight excluding hydrogens is 455 g/mol. The molecule has 6 nitrogen and oxygen atoms in total. The number of carbonyl (C=O) groups excluding carboxylic acids is 1. The van der Waals surface area contributed by atoms with Gasteiger partial charge in [-0.1, -0.05) is 6.07 Å². The molecular formula is C20H17ClF3N3O3S. The van der Waals surface area contributed by atoms with Gasteiger partial charge in [-0.3, -0.25) is 4.79 Å². The summed E-state index contributed by atoms with van der Waals surface area (Å²) in [7, 11) is 0. The van der Waals surface area contributed by atoms with E-state index in [-0.39, 0.29) is 5.69 Å². The van der Waals surface area contributed by atoms with Crippen molar-refractivity contribution in [2.45, 2.75) is 18.7 Å². The molecule has 0 unspecified atom stereocenters. The number of aliphatic imine (C=N–C) groups is 1. The molecule has 0 saturated carbocycles. The smallest absolute Gasteiger partial charge is 0.407 e. The highest BCUT2D eigenvalue weighted by molar-refractivity contribution is 7.78. The van der Waals surface area contributed by atoms with Crippen molar-refractivity contribution in [3.05, 3.63) is 59.4 Å². The van der Waals surface area contributed by atoms with Gasteiger partial charge in [0.15, 0.2) is 11.3 Å². The fraction of sp³-hybridized carbons (Fsp3) is 0.250. The van der Waals surface area contributed by atoms with Crippen LogP contribution in [0.15, 0.2) is 47.5 Å². The highest BCUT2D eigenvalue weighted by Gasteiger charge is 2.35. The van der Waals surface area contributed by atoms with Crippen molar-refractivity contribution in [3.63, 3.8) is 0 Å². The number of nitrogens with one attached hydrogen (secondary N) is 1. The average molecular weight is 472 g/mol. The molecule has 11 heteroatoms. The molecule has 31 heavy (non-hydrogen) atoms. The summed E-state index contributed by atoms with van der Waals surface area (Å²) < 4.78 is 44.4. The van der Waals surface area contributed by atoms with Crippen molar-refractivity contribution in [2.24, 2.45) is 4.99 Å². The lowest BCUT2D eigenvalue weighted by molar-refractivity contribution is -0.137. The Kier molecular flexibility index (Phi) is 9.62. The molecule has 0 fully saturated rings. The number of carbonyl (C=O) groups is 1. The van der Waals surface area contributed by atoms with E-state index in [0.29, 0.717) is 17.5 Å². The Balaban J connectivity index is 0.00000233. The Labute approximate surface area is 187 Å². The van der Waals surface area contributed by atoms with Gasteiger partial charge in [-0.2, -0.15) is 18.2 Å². The summed E-state index contributed by atoms with van der Waals surface area (Å²) in [5, 5.41) is 14.7. The molecule has 1 atom stereocenters. The predicted octanol–water partition coefficient (Wildman–Crippen LogP) is 5.61. The minimum absolute atomic E-state index is 0.211. The van der Waals surface area contributed by atoms with Gasteiger partial charge in [-0.25, -0.2) is 4.85 Å². The first-order valence-electron chi connectivity index (χ1n) is 8.38. The van der Waals surface area contributed by atoms with E-state index in [2.05, 4.69) is 44.1 Å². The number of rotatable bonds is 6. The first-order valence-corrected chi connectivity index (χ1v) is 9.54. The summed E-state index contributed by atoms with van der Waals surface area (Å²) in [6, 6.07) is 8.98. The number of ether oxygens (including phenoxy) is 1. The van der Waals surface area contributed by atoms with Crippen molar-refractivity contribution < 1.29 is 27.8 Å². The molecule has 0 aliphatic carbocycles. The van der Waals surface area contributed by atoms with Crippen LogP contribution in [-0.2, 0) is 11.0 Å². The van der Waals surface area contributed by atoms with E-state index >= 15 is 0 Å². The van der Waals surface area contributed by atoms with E-state index in [0.717, 1.165) is 19.1 Å². The number of thiocarbonyl (C=S) groups is 1. The zero-order valence-corrected chi connectivity index (χ0v) is 17.9. The van der Waals surface area contributed by atoms with Crippen LogP contribution >= 0.6 is 23.8 Å². The van der Waals surface area contributed by atoms with E-state index < -0.39 is 35.5 Å². The van der Waals surface area contributed by atoms with E-state index in [4.69, 9.17) is 11.3 Å². The van der Waals surface area contributed by atoms with Crippen LogP contribution in [0.5, 0.6) is 5.75 Å². The molecule has 0 spiro atoms. The molecule has 2 N–H and O–H groups in total. The molecule has 0 saturated heterocycles. The van der Waals surface area contributed by atoms with Gasteiger partial charge in [0, 0.05) is 12.1 Å². The second-order valence-corrected chi connectivity index (χ2v) is 6.24. The van der Waals surface area contributed by atoms with Gasteiger partial charge in [-0.05, 0) is 55.5 Å². The summed E-state index contributed by atoms with van der Waals surface area (Å²) in [6.45, 7) is 7.52. The Morgan fingerprint density at radius 1 is 1.29 bits per heavy atom. The average Bonchev–Trinajstić information content (AvgIpc) is 2.74. The van der Waals surface area contributed by atoms with Crippen molar-refractivity contribution >= 4 is 51.9 Å². The number of isothiocyanates is 1. The molecule has 0 aliphatic heterocycles. The van der Waals surface area contributed by atoms with Gasteiger partial charge in [0.05, 0.1) is 23.0 Å². The number of benzene rings is 2. The normalized spacial score (nSPS) is 12.2. The molecule has 0 aliphatic rings. The van der Waals surface area contributed by atoms with Crippen LogP contribution in [0.3, 0.4) is 0 Å². The summed E-state index contributed by atoms with van der Waals surface area (Å²) in [4.78, 5) is 18.9. The minimum atomic E-state index is -4.76. The Hall–Kier alpha value is -2.96. The lowest BCUT2D eigenvalue weighted by atomic mass is 10.1. The van der Waals surface area contributed by atoms with Gasteiger partial charge in [0.25, 0.3) is 5.91 Å². The van der Waals surface area contributed by atoms with Crippen LogP contribution in [0.25, 0.3) is 4.85 Å². The lowest BCUT2D eigenvalue weighted by Gasteiger charge is -2.23. The molecule has 2 aromatic carbocycles. The second kappa shape index (κ2) is 11.4. The van der Waals surface area contributed by atoms with Crippen molar-refractivity contribution in [3.8, 4) is 5.75 Å². The van der Waals surface area contributed by atoms with Crippen LogP contribution < -0.4 is 10.1 Å². The highest BCUT2D eigenvalue weighted by Crippen LogP contribution is 2.38. The van der Waals surface area contributed by atoms with Gasteiger partial charge in [-0.15, -0.1) is 11.6 Å². The van der Waals surface area contributed by atoms with Gasteiger partial charge < -0.3 is 15.2 Å². The monoisotopic (exact) mass is 471 g/mol. The molecule has 2 aromatic rings. The number of alkyl halides is 4. The van der Waals surface area contributed by atoms with E-state index in [1.165, 1.54) is 18.5 Å². The first kappa shape index (κ1) is 26.1. The van der Waals surface area contributed by atoms with Gasteiger partial charge >= 0.3 is 6.18 Å². The maximum atomic E-state index is 13.0. The Morgan fingerprint density at radius 2 is 1.90 bits per heavy atom. The SMILES string of the molecule is CCl.[C-]#[N+]c1ccc(NC(=O)[C@](C)(O)COc2ccc(N=C=S)cc2)cc1C(F)(F)F. The number of anilines is 1. The molecule has 0 bridgehead atoms. The van der Waals surface area contributed by atoms with Crippen molar-refractivity contribution in [2.75, 3.05) is 18.3 Å². The molecule has 1 amide bonds. The second-order valence-electron chi connectivity index (χ2n) is 6.06. The molecule has 0 aromatic heterocycles. The third-order valence-electron chi connectivity index (χ3n) is 3.70. The number of hydrogen-bond donors (Lipinski definition) is 2. The van der Waals surface area contributed by atoms with Crippen LogP contribution in [0.2, 0.25) is 0 Å². The maximum Gasteiger partial charge on any atom is 0.407 e. The van der Waals surface area contributed by atoms with Crippen LogP contribution in [0.4, 0.5) is 30.2 Å². The lowest BCUT2D eigenvalue weighted by Crippen LogP contribution is -2.45. The fourth-order valence-electron chi connectivity index (χ4n) is 2.16. The standard InChI is InChI=1S/C19H14F3N3O3S.CH3Cl/c1-18(27,10-28-14-6-3-12(4-7-14)24-11-29)17(26)25-13-5-8-16(23-2)15(9-13)19(20,21)22;1-2/h3-9,27H,10H2,1H3,(H,25,26);1H3/t18-;/m1./s1. The quantitative estimate of drug-likeness (QED) is 0.248. The van der Waals surface area contributed by atoms with E-state index in [1.54, 1.807) is 12.1 Å². The zero-order chi connectivity index (χ0) is 23.7. The fourth-order valence-corrected chi connectivity index (χ4v) is 2.27. The third-order valence-corrected chi connectivity index (χ3v) is 3.79. The van der Waals surface area contributed by atoms with Gasteiger partial charge in [0.1, 0.15) is 12.4 Å². The van der Waals surface area contributed by atoms with Crippen LogP contribution in [-0.4, -0.2) is 34.8 Å². The summed E-state index contributed by atoms with van der Waals surface area (Å²) in [5.74, 6) is -0.634.